The van der Waals surface area contributed by atoms with Crippen LogP contribution in [0.4, 0.5) is 0 Å². The zero-order valence-electron chi connectivity index (χ0n) is 14.5. The van der Waals surface area contributed by atoms with E-state index in [9.17, 15) is 4.79 Å². The molecule has 0 radical (unpaired) electrons. The van der Waals surface area contributed by atoms with E-state index in [4.69, 9.17) is 10.00 Å². The predicted molar refractivity (Wildman–Crippen MR) is 95.0 cm³/mol. The van der Waals surface area contributed by atoms with Crippen molar-refractivity contribution in [3.63, 3.8) is 0 Å². The van der Waals surface area contributed by atoms with Gasteiger partial charge >= 0.3 is 0 Å². The normalized spacial score (nSPS) is 12.3. The molecule has 1 amide bonds. The van der Waals surface area contributed by atoms with Crippen LogP contribution in [0.3, 0.4) is 0 Å². The van der Waals surface area contributed by atoms with Crippen molar-refractivity contribution in [2.45, 2.75) is 39.2 Å². The first kappa shape index (κ1) is 19.7. The molecule has 0 heterocycles. The van der Waals surface area contributed by atoms with Crippen LogP contribution in [0.1, 0.15) is 44.7 Å². The highest BCUT2D eigenvalue weighted by atomic mass is 16.5. The predicted octanol–water partition coefficient (Wildman–Crippen LogP) is 3.07. The van der Waals surface area contributed by atoms with Crippen LogP contribution in [0.5, 0.6) is 0 Å². The molecule has 130 valence electrons. The molecule has 24 heavy (non-hydrogen) atoms. The summed E-state index contributed by atoms with van der Waals surface area (Å²) in [7, 11) is 0. The number of nitrogens with zero attached hydrogens (tertiary/aromatic N) is 1. The first-order chi connectivity index (χ1) is 11.7. The van der Waals surface area contributed by atoms with Crippen LogP contribution in [0.2, 0.25) is 0 Å². The van der Waals surface area contributed by atoms with Gasteiger partial charge < -0.3 is 15.4 Å². The molecule has 0 saturated carbocycles. The van der Waals surface area contributed by atoms with E-state index in [0.29, 0.717) is 13.2 Å². The smallest absolute Gasteiger partial charge is 0.263 e. The molecule has 5 heteroatoms. The maximum absolute atomic E-state index is 12.1. The molecule has 1 unspecified atom stereocenters. The van der Waals surface area contributed by atoms with Crippen LogP contribution in [-0.2, 0) is 9.53 Å². The van der Waals surface area contributed by atoms with Gasteiger partial charge in [0.1, 0.15) is 11.6 Å². The molecule has 0 aliphatic rings. The first-order valence-corrected chi connectivity index (χ1v) is 8.46. The van der Waals surface area contributed by atoms with E-state index >= 15 is 0 Å². The number of carbonyl (C=O) groups is 1. The molecule has 5 nitrogen and oxygen atoms in total. The number of nitrogens with one attached hydrogen (secondary N) is 2. The number of unbranched alkanes of at least 4 members (excludes halogenated alkanes) is 1. The van der Waals surface area contributed by atoms with Crippen molar-refractivity contribution in [2.24, 2.45) is 0 Å². The van der Waals surface area contributed by atoms with E-state index in [1.807, 2.05) is 43.3 Å². The fourth-order valence-electron chi connectivity index (χ4n) is 2.05. The van der Waals surface area contributed by atoms with Crippen LogP contribution in [0, 0.1) is 11.3 Å². The SMILES string of the molecule is CCCCOCCCN/C=C(/C#N)C(=O)NC(C)c1ccccc1. The molecule has 1 aromatic carbocycles. The van der Waals surface area contributed by atoms with Crippen LogP contribution >= 0.6 is 0 Å². The van der Waals surface area contributed by atoms with E-state index in [2.05, 4.69) is 17.6 Å². The minimum atomic E-state index is -0.374. The summed E-state index contributed by atoms with van der Waals surface area (Å²) in [5.41, 5.74) is 1.07. The Labute approximate surface area is 144 Å². The fraction of sp³-hybridized carbons (Fsp3) is 0.474. The van der Waals surface area contributed by atoms with Gasteiger partial charge in [0.05, 0.1) is 6.04 Å². The summed E-state index contributed by atoms with van der Waals surface area (Å²) >= 11 is 0. The third kappa shape index (κ3) is 7.80. The van der Waals surface area contributed by atoms with Crippen molar-refractivity contribution in [2.75, 3.05) is 19.8 Å². The highest BCUT2D eigenvalue weighted by molar-refractivity contribution is 5.97. The number of ether oxygens (including phenoxy) is 1. The minimum absolute atomic E-state index is 0.0738. The molecular weight excluding hydrogens is 302 g/mol. The molecule has 1 rings (SSSR count). The Morgan fingerprint density at radius 1 is 1.29 bits per heavy atom. The zero-order chi connectivity index (χ0) is 17.6. The van der Waals surface area contributed by atoms with Crippen LogP contribution in [0.25, 0.3) is 0 Å². The molecule has 0 spiro atoms. The standard InChI is InChI=1S/C19H27N3O2/c1-3-4-12-24-13-8-11-21-15-18(14-20)19(23)22-16(2)17-9-6-5-7-10-17/h5-7,9-10,15-16,21H,3-4,8,11-13H2,1-2H3,(H,22,23)/b18-15-. The first-order valence-electron chi connectivity index (χ1n) is 8.46. The molecule has 2 N–H and O–H groups in total. The van der Waals surface area contributed by atoms with Gasteiger partial charge in [-0.1, -0.05) is 43.7 Å². The lowest BCUT2D eigenvalue weighted by Gasteiger charge is -2.13. The van der Waals surface area contributed by atoms with Crippen LogP contribution < -0.4 is 10.6 Å². The number of rotatable bonds is 11. The molecule has 1 atom stereocenters. The summed E-state index contributed by atoms with van der Waals surface area (Å²) in [5, 5.41) is 15.0. The number of amides is 1. The molecule has 0 bridgehead atoms. The Balaban J connectivity index is 2.34. The lowest BCUT2D eigenvalue weighted by molar-refractivity contribution is -0.117. The highest BCUT2D eigenvalue weighted by Gasteiger charge is 2.13. The number of carbonyl (C=O) groups excluding carboxylic acids is 1. The van der Waals surface area contributed by atoms with Gasteiger partial charge in [0, 0.05) is 26.0 Å². The van der Waals surface area contributed by atoms with Crippen molar-refractivity contribution >= 4 is 5.91 Å². The summed E-state index contributed by atoms with van der Waals surface area (Å²) in [6.45, 7) is 6.15. The average molecular weight is 329 g/mol. The number of benzene rings is 1. The van der Waals surface area contributed by atoms with Gasteiger partial charge in [0.15, 0.2) is 0 Å². The topological polar surface area (TPSA) is 74.1 Å². The van der Waals surface area contributed by atoms with Crippen molar-refractivity contribution in [1.82, 2.24) is 10.6 Å². The van der Waals surface area contributed by atoms with E-state index in [0.717, 1.165) is 31.4 Å². The fourth-order valence-corrected chi connectivity index (χ4v) is 2.05. The van der Waals surface area contributed by atoms with E-state index in [-0.39, 0.29) is 17.5 Å². The Morgan fingerprint density at radius 3 is 2.67 bits per heavy atom. The quantitative estimate of drug-likeness (QED) is 0.372. The van der Waals surface area contributed by atoms with Gasteiger partial charge in [-0.3, -0.25) is 4.79 Å². The summed E-state index contributed by atoms with van der Waals surface area (Å²) in [6.07, 6.45) is 4.51. The second kappa shape index (κ2) is 12.1. The maximum atomic E-state index is 12.1. The third-order valence-corrected chi connectivity index (χ3v) is 3.51. The van der Waals surface area contributed by atoms with E-state index in [1.54, 1.807) is 0 Å². The summed E-state index contributed by atoms with van der Waals surface area (Å²) in [4.78, 5) is 12.1. The summed E-state index contributed by atoms with van der Waals surface area (Å²) in [5.74, 6) is -0.374. The lowest BCUT2D eigenvalue weighted by Crippen LogP contribution is -2.28. The summed E-state index contributed by atoms with van der Waals surface area (Å²) in [6, 6.07) is 11.4. The number of nitriles is 1. The van der Waals surface area contributed by atoms with Crippen molar-refractivity contribution in [3.8, 4) is 6.07 Å². The molecule has 0 aliphatic heterocycles. The van der Waals surface area contributed by atoms with E-state index < -0.39 is 0 Å². The van der Waals surface area contributed by atoms with Gasteiger partial charge in [-0.25, -0.2) is 0 Å². The largest absolute Gasteiger partial charge is 0.390 e. The minimum Gasteiger partial charge on any atom is -0.390 e. The highest BCUT2D eigenvalue weighted by Crippen LogP contribution is 2.11. The molecule has 1 aromatic rings. The Morgan fingerprint density at radius 2 is 2.00 bits per heavy atom. The van der Waals surface area contributed by atoms with E-state index in [1.165, 1.54) is 6.20 Å². The second-order valence-corrected chi connectivity index (χ2v) is 5.55. The zero-order valence-corrected chi connectivity index (χ0v) is 14.5. The Kier molecular flexibility index (Phi) is 9.98. The van der Waals surface area contributed by atoms with Crippen molar-refractivity contribution < 1.29 is 9.53 Å². The molecule has 0 fully saturated rings. The monoisotopic (exact) mass is 329 g/mol. The van der Waals surface area contributed by atoms with Gasteiger partial charge in [0.25, 0.3) is 5.91 Å². The average Bonchev–Trinajstić information content (AvgIpc) is 2.61. The second-order valence-electron chi connectivity index (χ2n) is 5.55. The molecule has 0 aliphatic carbocycles. The molecule has 0 saturated heterocycles. The summed E-state index contributed by atoms with van der Waals surface area (Å²) < 4.78 is 5.45. The lowest BCUT2D eigenvalue weighted by atomic mass is 10.1. The van der Waals surface area contributed by atoms with Gasteiger partial charge in [0.2, 0.25) is 0 Å². The number of hydrogen-bond acceptors (Lipinski definition) is 4. The molecule has 0 aromatic heterocycles. The maximum Gasteiger partial charge on any atom is 0.263 e. The molecular formula is C19H27N3O2. The van der Waals surface area contributed by atoms with Crippen molar-refractivity contribution in [1.29, 1.82) is 5.26 Å². The van der Waals surface area contributed by atoms with Crippen molar-refractivity contribution in [3.05, 3.63) is 47.7 Å². The van der Waals surface area contributed by atoms with Gasteiger partial charge in [-0.05, 0) is 25.3 Å². The van der Waals surface area contributed by atoms with Crippen LogP contribution in [-0.4, -0.2) is 25.7 Å². The van der Waals surface area contributed by atoms with Gasteiger partial charge in [-0.2, -0.15) is 5.26 Å². The van der Waals surface area contributed by atoms with Crippen LogP contribution in [0.15, 0.2) is 42.1 Å². The van der Waals surface area contributed by atoms with Gasteiger partial charge in [-0.15, -0.1) is 0 Å². The third-order valence-electron chi connectivity index (χ3n) is 3.51. The Hall–Kier alpha value is -2.32. The Bertz CT molecular complexity index is 549. The number of hydrogen-bond donors (Lipinski definition) is 2.